The molecule has 1 saturated heterocycles. The summed E-state index contributed by atoms with van der Waals surface area (Å²) in [4.78, 5) is 6.45. The molecule has 110 valence electrons. The van der Waals surface area contributed by atoms with Crippen molar-refractivity contribution in [3.63, 3.8) is 0 Å². The maximum absolute atomic E-state index is 5.23. The Balaban J connectivity index is 1.81. The van der Waals surface area contributed by atoms with Crippen molar-refractivity contribution in [1.82, 2.24) is 10.3 Å². The van der Waals surface area contributed by atoms with Gasteiger partial charge in [0.1, 0.15) is 0 Å². The SMILES string of the molecule is COCCN(c1ccc(C2CNC2)cc1)c1cccnc1. The number of nitrogens with zero attached hydrogens (tertiary/aromatic N) is 2. The number of anilines is 2. The molecule has 4 nitrogen and oxygen atoms in total. The number of nitrogens with one attached hydrogen (secondary N) is 1. The fraction of sp³-hybridized carbons (Fsp3) is 0.353. The summed E-state index contributed by atoms with van der Waals surface area (Å²) in [7, 11) is 1.73. The maximum Gasteiger partial charge on any atom is 0.0642 e. The van der Waals surface area contributed by atoms with Crippen LogP contribution in [0.4, 0.5) is 11.4 Å². The van der Waals surface area contributed by atoms with Crippen molar-refractivity contribution in [3.05, 3.63) is 54.4 Å². The lowest BCUT2D eigenvalue weighted by Gasteiger charge is -2.29. The van der Waals surface area contributed by atoms with Crippen molar-refractivity contribution in [2.45, 2.75) is 5.92 Å². The van der Waals surface area contributed by atoms with Gasteiger partial charge >= 0.3 is 0 Å². The summed E-state index contributed by atoms with van der Waals surface area (Å²) in [6.07, 6.45) is 3.68. The molecule has 4 heteroatoms. The van der Waals surface area contributed by atoms with Gasteiger partial charge in [-0.1, -0.05) is 12.1 Å². The zero-order valence-electron chi connectivity index (χ0n) is 12.3. The van der Waals surface area contributed by atoms with Crippen LogP contribution in [0, 0.1) is 0 Å². The molecule has 1 aromatic heterocycles. The molecule has 1 aliphatic rings. The van der Waals surface area contributed by atoms with Gasteiger partial charge in [-0.05, 0) is 29.8 Å². The minimum atomic E-state index is 0.671. The van der Waals surface area contributed by atoms with Crippen molar-refractivity contribution in [1.29, 1.82) is 0 Å². The predicted octanol–water partition coefficient (Wildman–Crippen LogP) is 2.55. The summed E-state index contributed by atoms with van der Waals surface area (Å²) in [5.41, 5.74) is 3.68. The van der Waals surface area contributed by atoms with Gasteiger partial charge in [-0.25, -0.2) is 0 Å². The van der Waals surface area contributed by atoms with Gasteiger partial charge in [-0.3, -0.25) is 4.98 Å². The summed E-state index contributed by atoms with van der Waals surface area (Å²) in [5.74, 6) is 0.671. The van der Waals surface area contributed by atoms with Crippen molar-refractivity contribution in [2.75, 3.05) is 38.3 Å². The molecule has 1 N–H and O–H groups in total. The van der Waals surface area contributed by atoms with Crippen LogP contribution in [0.3, 0.4) is 0 Å². The number of hydrogen-bond donors (Lipinski definition) is 1. The van der Waals surface area contributed by atoms with E-state index in [-0.39, 0.29) is 0 Å². The summed E-state index contributed by atoms with van der Waals surface area (Å²) in [5, 5.41) is 3.32. The lowest BCUT2D eigenvalue weighted by atomic mass is 9.93. The number of hydrogen-bond acceptors (Lipinski definition) is 4. The second-order valence-corrected chi connectivity index (χ2v) is 5.30. The van der Waals surface area contributed by atoms with Gasteiger partial charge in [0.05, 0.1) is 18.5 Å². The first kappa shape index (κ1) is 14.0. The van der Waals surface area contributed by atoms with Crippen molar-refractivity contribution in [3.8, 4) is 0 Å². The van der Waals surface area contributed by atoms with E-state index in [1.807, 2.05) is 12.3 Å². The summed E-state index contributed by atoms with van der Waals surface area (Å²) < 4.78 is 5.23. The van der Waals surface area contributed by atoms with Crippen LogP contribution in [0.2, 0.25) is 0 Å². The molecule has 0 aliphatic carbocycles. The average molecular weight is 283 g/mol. The highest BCUT2D eigenvalue weighted by Crippen LogP contribution is 2.27. The van der Waals surface area contributed by atoms with Crippen LogP contribution in [0.15, 0.2) is 48.8 Å². The number of benzene rings is 1. The van der Waals surface area contributed by atoms with Gasteiger partial charge in [0.2, 0.25) is 0 Å². The highest BCUT2D eigenvalue weighted by molar-refractivity contribution is 5.62. The molecule has 3 rings (SSSR count). The Kier molecular flexibility index (Phi) is 4.48. The Labute approximate surface area is 125 Å². The van der Waals surface area contributed by atoms with Crippen LogP contribution >= 0.6 is 0 Å². The first-order chi connectivity index (χ1) is 10.4. The van der Waals surface area contributed by atoms with Gasteiger partial charge in [0.25, 0.3) is 0 Å². The molecule has 1 aromatic carbocycles. The third-order valence-corrected chi connectivity index (χ3v) is 3.93. The van der Waals surface area contributed by atoms with E-state index in [9.17, 15) is 0 Å². The Morgan fingerprint density at radius 2 is 2.00 bits per heavy atom. The smallest absolute Gasteiger partial charge is 0.0642 e. The van der Waals surface area contributed by atoms with Gasteiger partial charge in [0, 0.05) is 44.5 Å². The van der Waals surface area contributed by atoms with E-state index >= 15 is 0 Å². The van der Waals surface area contributed by atoms with Gasteiger partial charge in [0.15, 0.2) is 0 Å². The van der Waals surface area contributed by atoms with E-state index in [4.69, 9.17) is 4.74 Å². The normalized spacial score (nSPS) is 14.7. The topological polar surface area (TPSA) is 37.4 Å². The summed E-state index contributed by atoms with van der Waals surface area (Å²) in [6.45, 7) is 3.68. The fourth-order valence-electron chi connectivity index (χ4n) is 2.55. The average Bonchev–Trinajstić information content (AvgIpc) is 2.49. The molecule has 0 atom stereocenters. The van der Waals surface area contributed by atoms with Crippen molar-refractivity contribution < 1.29 is 4.74 Å². The highest BCUT2D eigenvalue weighted by Gasteiger charge is 2.19. The van der Waals surface area contributed by atoms with Crippen LogP contribution in [0.25, 0.3) is 0 Å². The fourth-order valence-corrected chi connectivity index (χ4v) is 2.55. The number of ether oxygens (including phenoxy) is 1. The van der Waals surface area contributed by atoms with Gasteiger partial charge in [-0.15, -0.1) is 0 Å². The third-order valence-electron chi connectivity index (χ3n) is 3.93. The Bertz CT molecular complexity index is 552. The number of aromatic nitrogens is 1. The highest BCUT2D eigenvalue weighted by atomic mass is 16.5. The lowest BCUT2D eigenvalue weighted by Crippen LogP contribution is -2.39. The number of rotatable bonds is 6. The molecular formula is C17H21N3O. The van der Waals surface area contributed by atoms with Crippen LogP contribution in [0.5, 0.6) is 0 Å². The zero-order chi connectivity index (χ0) is 14.5. The summed E-state index contributed by atoms with van der Waals surface area (Å²) in [6, 6.07) is 12.9. The second kappa shape index (κ2) is 6.70. The molecule has 0 unspecified atom stereocenters. The molecule has 0 amide bonds. The van der Waals surface area contributed by atoms with Crippen molar-refractivity contribution >= 4 is 11.4 Å². The van der Waals surface area contributed by atoms with Gasteiger partial charge in [-0.2, -0.15) is 0 Å². The van der Waals surface area contributed by atoms with E-state index in [1.165, 1.54) is 11.3 Å². The first-order valence-electron chi connectivity index (χ1n) is 7.35. The Morgan fingerprint density at radius 3 is 2.57 bits per heavy atom. The lowest BCUT2D eigenvalue weighted by molar-refractivity contribution is 0.207. The zero-order valence-corrected chi connectivity index (χ0v) is 12.3. The van der Waals surface area contributed by atoms with Crippen LogP contribution < -0.4 is 10.2 Å². The first-order valence-corrected chi connectivity index (χ1v) is 7.35. The standard InChI is InChI=1S/C17H21N3O/c1-21-10-9-20(17-3-2-8-18-13-17)16-6-4-14(5-7-16)15-11-19-12-15/h2-8,13,15,19H,9-12H2,1H3. The molecule has 0 saturated carbocycles. The summed E-state index contributed by atoms with van der Waals surface area (Å²) >= 11 is 0. The third kappa shape index (κ3) is 3.23. The molecule has 1 aliphatic heterocycles. The maximum atomic E-state index is 5.23. The quantitative estimate of drug-likeness (QED) is 0.884. The van der Waals surface area contributed by atoms with Crippen LogP contribution in [-0.2, 0) is 4.74 Å². The molecule has 0 spiro atoms. The van der Waals surface area contributed by atoms with E-state index < -0.39 is 0 Å². The Morgan fingerprint density at radius 1 is 1.19 bits per heavy atom. The van der Waals surface area contributed by atoms with Crippen LogP contribution in [0.1, 0.15) is 11.5 Å². The monoisotopic (exact) mass is 283 g/mol. The van der Waals surface area contributed by atoms with E-state index in [2.05, 4.69) is 45.5 Å². The minimum absolute atomic E-state index is 0.671. The van der Waals surface area contributed by atoms with E-state index in [0.29, 0.717) is 12.5 Å². The van der Waals surface area contributed by atoms with Gasteiger partial charge < -0.3 is 15.0 Å². The largest absolute Gasteiger partial charge is 0.383 e. The molecular weight excluding hydrogens is 262 g/mol. The minimum Gasteiger partial charge on any atom is -0.383 e. The molecule has 21 heavy (non-hydrogen) atoms. The van der Waals surface area contributed by atoms with Crippen LogP contribution in [-0.4, -0.2) is 38.3 Å². The Hall–Kier alpha value is -1.91. The van der Waals surface area contributed by atoms with Crippen molar-refractivity contribution in [2.24, 2.45) is 0 Å². The van der Waals surface area contributed by atoms with E-state index in [1.54, 1.807) is 13.3 Å². The molecule has 0 radical (unpaired) electrons. The molecule has 2 aromatic rings. The molecule has 1 fully saturated rings. The van der Waals surface area contributed by atoms with E-state index in [0.717, 1.165) is 25.3 Å². The molecule has 2 heterocycles. The predicted molar refractivity (Wildman–Crippen MR) is 85.2 cm³/mol. The number of methoxy groups -OCH3 is 1. The number of pyridine rings is 1. The second-order valence-electron chi connectivity index (χ2n) is 5.30. The molecule has 0 bridgehead atoms.